The molecule has 0 saturated carbocycles. The van der Waals surface area contributed by atoms with Crippen molar-refractivity contribution in [2.45, 2.75) is 18.6 Å². The Balaban J connectivity index is 1.45. The number of aromatic nitrogens is 4. The summed E-state index contributed by atoms with van der Waals surface area (Å²) in [6, 6.07) is 7.84. The van der Waals surface area contributed by atoms with E-state index in [0.717, 1.165) is 16.6 Å². The summed E-state index contributed by atoms with van der Waals surface area (Å²) in [6.45, 7) is 0.605. The lowest BCUT2D eigenvalue weighted by molar-refractivity contribution is -0.130. The lowest BCUT2D eigenvalue weighted by atomic mass is 10.1. The molecule has 0 radical (unpaired) electrons. The molecule has 2 aromatic heterocycles. The monoisotopic (exact) mass is 355 g/mol. The SMILES string of the molecule is Cn1cc(O[C@@H]2CN(C(=O)Cc3nn(C)c4ccccc34)C[C@H]2O)cn1. The molecule has 0 aliphatic carbocycles. The number of para-hydroxylation sites is 1. The number of hydrogen-bond donors (Lipinski definition) is 1. The van der Waals surface area contributed by atoms with Crippen molar-refractivity contribution in [1.82, 2.24) is 24.5 Å². The van der Waals surface area contributed by atoms with Crippen LogP contribution in [0, 0.1) is 0 Å². The Morgan fingerprint density at radius 3 is 2.88 bits per heavy atom. The topological polar surface area (TPSA) is 85.4 Å². The van der Waals surface area contributed by atoms with Crippen molar-refractivity contribution < 1.29 is 14.6 Å². The molecular formula is C18H21N5O3. The van der Waals surface area contributed by atoms with E-state index >= 15 is 0 Å². The Labute approximate surface area is 150 Å². The zero-order valence-electron chi connectivity index (χ0n) is 14.7. The number of likely N-dealkylation sites (tertiary alicyclic amines) is 1. The van der Waals surface area contributed by atoms with Crippen LogP contribution in [-0.4, -0.2) is 60.8 Å². The van der Waals surface area contributed by atoms with Gasteiger partial charge in [-0.3, -0.25) is 14.2 Å². The highest BCUT2D eigenvalue weighted by Crippen LogP contribution is 2.21. The summed E-state index contributed by atoms with van der Waals surface area (Å²) in [6.07, 6.45) is 2.35. The van der Waals surface area contributed by atoms with Gasteiger partial charge in [0.25, 0.3) is 0 Å². The van der Waals surface area contributed by atoms with Crippen LogP contribution in [0.1, 0.15) is 5.69 Å². The van der Waals surface area contributed by atoms with Crippen molar-refractivity contribution in [2.24, 2.45) is 14.1 Å². The van der Waals surface area contributed by atoms with Gasteiger partial charge in [0.05, 0.1) is 43.1 Å². The molecular weight excluding hydrogens is 334 g/mol. The van der Waals surface area contributed by atoms with E-state index in [1.807, 2.05) is 31.3 Å². The third-order valence-corrected chi connectivity index (χ3v) is 4.71. The van der Waals surface area contributed by atoms with Gasteiger partial charge >= 0.3 is 0 Å². The van der Waals surface area contributed by atoms with Crippen LogP contribution in [0.3, 0.4) is 0 Å². The van der Waals surface area contributed by atoms with Crippen molar-refractivity contribution in [3.63, 3.8) is 0 Å². The molecule has 4 rings (SSSR count). The summed E-state index contributed by atoms with van der Waals surface area (Å²) >= 11 is 0. The number of aliphatic hydroxyl groups excluding tert-OH is 1. The van der Waals surface area contributed by atoms with E-state index in [4.69, 9.17) is 4.74 Å². The predicted molar refractivity (Wildman–Crippen MR) is 94.6 cm³/mol. The number of amides is 1. The number of β-amino-alcohol motifs (C(OH)–C–C–N with tert-alkyl or cyclic N) is 1. The molecule has 26 heavy (non-hydrogen) atoms. The normalized spacial score (nSPS) is 20.0. The minimum Gasteiger partial charge on any atom is -0.482 e. The van der Waals surface area contributed by atoms with E-state index < -0.39 is 12.2 Å². The third-order valence-electron chi connectivity index (χ3n) is 4.71. The summed E-state index contributed by atoms with van der Waals surface area (Å²) in [7, 11) is 3.67. The van der Waals surface area contributed by atoms with E-state index in [0.29, 0.717) is 12.3 Å². The van der Waals surface area contributed by atoms with Crippen molar-refractivity contribution in [3.8, 4) is 5.75 Å². The predicted octanol–water partition coefficient (Wildman–Crippen LogP) is 0.500. The smallest absolute Gasteiger partial charge is 0.228 e. The fraction of sp³-hybridized carbons (Fsp3) is 0.389. The molecule has 2 atom stereocenters. The fourth-order valence-electron chi connectivity index (χ4n) is 3.38. The van der Waals surface area contributed by atoms with Crippen LogP contribution in [0.5, 0.6) is 5.75 Å². The maximum Gasteiger partial charge on any atom is 0.228 e. The van der Waals surface area contributed by atoms with Crippen LogP contribution < -0.4 is 4.74 Å². The van der Waals surface area contributed by atoms with Crippen molar-refractivity contribution >= 4 is 16.8 Å². The maximum absolute atomic E-state index is 12.7. The standard InChI is InChI=1S/C18H21N5O3/c1-21-9-12(8-19-21)26-17-11-23(10-16(17)24)18(25)7-14-13-5-3-4-6-15(13)22(2)20-14/h3-6,8-9,16-17,24H,7,10-11H2,1-2H3/t16-,17-/m1/s1. The Morgan fingerprint density at radius 1 is 1.31 bits per heavy atom. The van der Waals surface area contributed by atoms with Gasteiger partial charge in [-0.05, 0) is 6.07 Å². The highest BCUT2D eigenvalue weighted by Gasteiger charge is 2.36. The molecule has 8 nitrogen and oxygen atoms in total. The van der Waals surface area contributed by atoms with Gasteiger partial charge in [-0.25, -0.2) is 0 Å². The molecule has 8 heteroatoms. The van der Waals surface area contributed by atoms with Gasteiger partial charge in [-0.2, -0.15) is 10.2 Å². The molecule has 0 bridgehead atoms. The van der Waals surface area contributed by atoms with Gasteiger partial charge < -0.3 is 14.7 Å². The van der Waals surface area contributed by atoms with Gasteiger partial charge in [0, 0.05) is 19.5 Å². The third kappa shape index (κ3) is 3.03. The highest BCUT2D eigenvalue weighted by molar-refractivity contribution is 5.87. The van der Waals surface area contributed by atoms with E-state index in [1.165, 1.54) is 0 Å². The molecule has 1 aromatic carbocycles. The van der Waals surface area contributed by atoms with Crippen molar-refractivity contribution in [2.75, 3.05) is 13.1 Å². The van der Waals surface area contributed by atoms with Crippen LogP contribution in [0.15, 0.2) is 36.7 Å². The molecule has 1 saturated heterocycles. The van der Waals surface area contributed by atoms with Gasteiger partial charge in [0.15, 0.2) is 5.75 Å². The Bertz CT molecular complexity index is 947. The minimum absolute atomic E-state index is 0.0646. The van der Waals surface area contributed by atoms with E-state index in [1.54, 1.807) is 33.7 Å². The average molecular weight is 355 g/mol. The molecule has 0 unspecified atom stereocenters. The molecule has 3 heterocycles. The quantitative estimate of drug-likeness (QED) is 0.737. The van der Waals surface area contributed by atoms with Gasteiger partial charge in [0.2, 0.25) is 5.91 Å². The summed E-state index contributed by atoms with van der Waals surface area (Å²) in [5.74, 6) is 0.520. The number of aryl methyl sites for hydroxylation is 2. The number of hydrogen-bond acceptors (Lipinski definition) is 5. The lowest BCUT2D eigenvalue weighted by Crippen LogP contribution is -2.32. The van der Waals surface area contributed by atoms with E-state index in [9.17, 15) is 9.90 Å². The molecule has 136 valence electrons. The summed E-state index contributed by atoms with van der Waals surface area (Å²) in [5.41, 5.74) is 1.74. The zero-order valence-corrected chi connectivity index (χ0v) is 14.7. The number of carbonyl (C=O) groups is 1. The molecule has 1 N–H and O–H groups in total. The second-order valence-corrected chi connectivity index (χ2v) is 6.64. The molecule has 1 amide bonds. The minimum atomic E-state index is -0.723. The summed E-state index contributed by atoms with van der Waals surface area (Å²) < 4.78 is 9.18. The average Bonchev–Trinajstić information content (AvgIpc) is 3.28. The number of rotatable bonds is 4. The number of benzene rings is 1. The van der Waals surface area contributed by atoms with Crippen LogP contribution in [0.2, 0.25) is 0 Å². The number of carbonyl (C=O) groups excluding carboxylic acids is 1. The van der Waals surface area contributed by atoms with Gasteiger partial charge in [-0.15, -0.1) is 0 Å². The molecule has 1 aliphatic rings. The molecule has 3 aromatic rings. The van der Waals surface area contributed by atoms with Crippen LogP contribution in [0.4, 0.5) is 0 Å². The van der Waals surface area contributed by atoms with Crippen LogP contribution in [0.25, 0.3) is 10.9 Å². The number of ether oxygens (including phenoxy) is 1. The maximum atomic E-state index is 12.7. The molecule has 1 aliphatic heterocycles. The van der Waals surface area contributed by atoms with Crippen molar-refractivity contribution in [3.05, 3.63) is 42.4 Å². The number of nitrogens with zero attached hydrogens (tertiary/aromatic N) is 5. The van der Waals surface area contributed by atoms with Gasteiger partial charge in [-0.1, -0.05) is 18.2 Å². The first-order chi connectivity index (χ1) is 12.5. The first kappa shape index (κ1) is 16.6. The zero-order chi connectivity index (χ0) is 18.3. The van der Waals surface area contributed by atoms with Crippen LogP contribution in [-0.2, 0) is 25.3 Å². The fourth-order valence-corrected chi connectivity index (χ4v) is 3.38. The first-order valence-electron chi connectivity index (χ1n) is 8.53. The summed E-state index contributed by atoms with van der Waals surface area (Å²) in [4.78, 5) is 14.3. The second kappa shape index (κ2) is 6.45. The van der Waals surface area contributed by atoms with Crippen molar-refractivity contribution in [1.29, 1.82) is 0 Å². The summed E-state index contributed by atoms with van der Waals surface area (Å²) in [5, 5.41) is 19.7. The molecule has 1 fully saturated rings. The highest BCUT2D eigenvalue weighted by atomic mass is 16.5. The number of aliphatic hydroxyl groups is 1. The second-order valence-electron chi connectivity index (χ2n) is 6.64. The van der Waals surface area contributed by atoms with E-state index in [-0.39, 0.29) is 18.9 Å². The molecule has 0 spiro atoms. The lowest BCUT2D eigenvalue weighted by Gasteiger charge is -2.16. The largest absolute Gasteiger partial charge is 0.482 e. The Hall–Kier alpha value is -2.87. The first-order valence-corrected chi connectivity index (χ1v) is 8.53. The number of fused-ring (bicyclic) bond motifs is 1. The van der Waals surface area contributed by atoms with Crippen LogP contribution >= 0.6 is 0 Å². The Morgan fingerprint density at radius 2 is 2.12 bits per heavy atom. The Kier molecular flexibility index (Phi) is 4.12. The van der Waals surface area contributed by atoms with Gasteiger partial charge in [0.1, 0.15) is 12.2 Å². The van der Waals surface area contributed by atoms with E-state index in [2.05, 4.69) is 10.2 Å².